The number of benzene rings is 1. The topological polar surface area (TPSA) is 52.3 Å². The van der Waals surface area contributed by atoms with Crippen molar-refractivity contribution in [3.63, 3.8) is 0 Å². The minimum Gasteiger partial charge on any atom is -0.462 e. The standard InChI is InChI=1S/C11H11NS.C5H10O2/c12-11-7-6-10(13-11)8-9-4-2-1-3-5-9;1-5(2,3)7-4-6/h1-7H,8,12H2;4H,1-3H3. The Labute approximate surface area is 124 Å². The van der Waals surface area contributed by atoms with E-state index in [4.69, 9.17) is 5.73 Å². The van der Waals surface area contributed by atoms with Crippen molar-refractivity contribution in [2.45, 2.75) is 32.8 Å². The van der Waals surface area contributed by atoms with Gasteiger partial charge in [-0.3, -0.25) is 4.79 Å². The number of carbonyl (C=O) groups is 1. The highest BCUT2D eigenvalue weighted by molar-refractivity contribution is 7.15. The molecule has 3 nitrogen and oxygen atoms in total. The number of anilines is 1. The fourth-order valence-electron chi connectivity index (χ4n) is 1.43. The first kappa shape index (κ1) is 16.2. The lowest BCUT2D eigenvalue weighted by atomic mass is 10.1. The molecule has 0 aliphatic heterocycles. The van der Waals surface area contributed by atoms with Crippen molar-refractivity contribution in [3.8, 4) is 0 Å². The monoisotopic (exact) mass is 291 g/mol. The van der Waals surface area contributed by atoms with E-state index in [9.17, 15) is 4.79 Å². The molecule has 0 aliphatic rings. The zero-order valence-corrected chi connectivity index (χ0v) is 12.9. The molecule has 0 saturated carbocycles. The van der Waals surface area contributed by atoms with Gasteiger partial charge in [-0.15, -0.1) is 11.3 Å². The summed E-state index contributed by atoms with van der Waals surface area (Å²) in [5.74, 6) is 0. The Morgan fingerprint density at radius 1 is 1.15 bits per heavy atom. The first-order valence-electron chi connectivity index (χ1n) is 6.40. The smallest absolute Gasteiger partial charge is 0.293 e. The number of rotatable bonds is 3. The third-order valence-electron chi connectivity index (χ3n) is 2.31. The Balaban J connectivity index is 0.000000246. The van der Waals surface area contributed by atoms with Gasteiger partial charge in [0, 0.05) is 11.3 Å². The largest absolute Gasteiger partial charge is 0.462 e. The summed E-state index contributed by atoms with van der Waals surface area (Å²) in [6, 6.07) is 14.5. The molecule has 1 aromatic carbocycles. The van der Waals surface area contributed by atoms with E-state index in [1.807, 2.05) is 32.9 Å². The number of hydrogen-bond donors (Lipinski definition) is 1. The number of hydrogen-bond acceptors (Lipinski definition) is 4. The van der Waals surface area contributed by atoms with Crippen molar-refractivity contribution in [1.82, 2.24) is 0 Å². The average Bonchev–Trinajstić information content (AvgIpc) is 2.75. The van der Waals surface area contributed by atoms with Gasteiger partial charge in [0.05, 0.1) is 5.00 Å². The Kier molecular flexibility index (Phi) is 6.25. The second-order valence-corrected chi connectivity index (χ2v) is 6.49. The van der Waals surface area contributed by atoms with Crippen molar-refractivity contribution in [3.05, 3.63) is 52.9 Å². The highest BCUT2D eigenvalue weighted by atomic mass is 32.1. The highest BCUT2D eigenvalue weighted by Gasteiger charge is 2.07. The summed E-state index contributed by atoms with van der Waals surface area (Å²) in [6.07, 6.45) is 0.989. The van der Waals surface area contributed by atoms with Crippen LogP contribution in [0.25, 0.3) is 0 Å². The van der Waals surface area contributed by atoms with E-state index in [-0.39, 0.29) is 5.60 Å². The van der Waals surface area contributed by atoms with Gasteiger partial charge in [0.25, 0.3) is 6.47 Å². The van der Waals surface area contributed by atoms with Gasteiger partial charge in [-0.05, 0) is 38.5 Å². The van der Waals surface area contributed by atoms with Gasteiger partial charge in [0.1, 0.15) is 5.60 Å². The molecule has 0 unspecified atom stereocenters. The highest BCUT2D eigenvalue weighted by Crippen LogP contribution is 2.21. The molecule has 2 aromatic rings. The van der Waals surface area contributed by atoms with Gasteiger partial charge in [-0.25, -0.2) is 0 Å². The molecular formula is C16H21NO2S. The van der Waals surface area contributed by atoms with Gasteiger partial charge in [0.2, 0.25) is 0 Å². The molecule has 4 heteroatoms. The molecule has 0 atom stereocenters. The van der Waals surface area contributed by atoms with Crippen LogP contribution in [0.5, 0.6) is 0 Å². The van der Waals surface area contributed by atoms with E-state index < -0.39 is 0 Å². The first-order valence-corrected chi connectivity index (χ1v) is 7.22. The van der Waals surface area contributed by atoms with Gasteiger partial charge < -0.3 is 10.5 Å². The van der Waals surface area contributed by atoms with E-state index in [0.29, 0.717) is 6.47 Å². The molecule has 0 amide bonds. The molecule has 0 fully saturated rings. The second kappa shape index (κ2) is 7.70. The molecule has 1 heterocycles. The Bertz CT molecular complexity index is 515. The number of nitrogens with two attached hydrogens (primary N) is 1. The molecule has 2 rings (SSSR count). The predicted molar refractivity (Wildman–Crippen MR) is 84.9 cm³/mol. The van der Waals surface area contributed by atoms with Crippen molar-refractivity contribution >= 4 is 22.8 Å². The molecular weight excluding hydrogens is 270 g/mol. The number of carbonyl (C=O) groups excluding carboxylic acids is 1. The van der Waals surface area contributed by atoms with Gasteiger partial charge in [0.15, 0.2) is 0 Å². The normalized spacial score (nSPS) is 10.3. The maximum Gasteiger partial charge on any atom is 0.293 e. The fourth-order valence-corrected chi connectivity index (χ4v) is 2.24. The summed E-state index contributed by atoms with van der Waals surface area (Å²) < 4.78 is 4.55. The first-order chi connectivity index (χ1) is 9.40. The van der Waals surface area contributed by atoms with Crippen LogP contribution in [0.3, 0.4) is 0 Å². The predicted octanol–water partition coefficient (Wildman–Crippen LogP) is 3.88. The van der Waals surface area contributed by atoms with Crippen LogP contribution >= 0.6 is 11.3 Å². The van der Waals surface area contributed by atoms with Crippen molar-refractivity contribution < 1.29 is 9.53 Å². The number of ether oxygens (including phenoxy) is 1. The molecule has 0 saturated heterocycles. The van der Waals surface area contributed by atoms with Crippen LogP contribution < -0.4 is 5.73 Å². The molecule has 108 valence electrons. The third-order valence-corrected chi connectivity index (χ3v) is 3.22. The van der Waals surface area contributed by atoms with Crippen LogP contribution in [0, 0.1) is 0 Å². The summed E-state index contributed by atoms with van der Waals surface area (Å²) in [6.45, 7) is 5.92. The number of thiophene rings is 1. The zero-order valence-electron chi connectivity index (χ0n) is 12.1. The summed E-state index contributed by atoms with van der Waals surface area (Å²) in [4.78, 5) is 10.9. The fraction of sp³-hybridized carbons (Fsp3) is 0.312. The van der Waals surface area contributed by atoms with Crippen molar-refractivity contribution in [2.75, 3.05) is 5.73 Å². The van der Waals surface area contributed by atoms with E-state index in [1.54, 1.807) is 11.3 Å². The lowest BCUT2D eigenvalue weighted by molar-refractivity contribution is -0.138. The Hall–Kier alpha value is -1.81. The quantitative estimate of drug-likeness (QED) is 0.873. The zero-order chi connectivity index (χ0) is 15.0. The van der Waals surface area contributed by atoms with Crippen LogP contribution in [0.15, 0.2) is 42.5 Å². The molecule has 0 aliphatic carbocycles. The van der Waals surface area contributed by atoms with Crippen LogP contribution in [0.1, 0.15) is 31.2 Å². The lowest BCUT2D eigenvalue weighted by Crippen LogP contribution is -2.17. The van der Waals surface area contributed by atoms with Gasteiger partial charge in [-0.2, -0.15) is 0 Å². The van der Waals surface area contributed by atoms with E-state index in [2.05, 4.69) is 35.1 Å². The third kappa shape index (κ3) is 6.95. The molecule has 0 spiro atoms. The molecule has 2 N–H and O–H groups in total. The van der Waals surface area contributed by atoms with Crippen molar-refractivity contribution in [2.24, 2.45) is 0 Å². The molecule has 0 bridgehead atoms. The van der Waals surface area contributed by atoms with E-state index >= 15 is 0 Å². The summed E-state index contributed by atoms with van der Waals surface area (Å²) in [5, 5.41) is 0.894. The number of nitrogen functional groups attached to an aromatic ring is 1. The minimum absolute atomic E-state index is 0.318. The van der Waals surface area contributed by atoms with Gasteiger partial charge >= 0.3 is 0 Å². The minimum atomic E-state index is -0.318. The molecule has 20 heavy (non-hydrogen) atoms. The maximum atomic E-state index is 9.60. The SMILES string of the molecule is CC(C)(C)OC=O.Nc1ccc(Cc2ccccc2)s1. The van der Waals surface area contributed by atoms with Crippen LogP contribution in [-0.2, 0) is 16.0 Å². The average molecular weight is 291 g/mol. The summed E-state index contributed by atoms with van der Waals surface area (Å²) in [5.41, 5.74) is 6.67. The molecule has 1 aromatic heterocycles. The van der Waals surface area contributed by atoms with Crippen LogP contribution in [0.2, 0.25) is 0 Å². The van der Waals surface area contributed by atoms with Crippen LogP contribution in [-0.4, -0.2) is 12.1 Å². The summed E-state index contributed by atoms with van der Waals surface area (Å²) in [7, 11) is 0. The Morgan fingerprint density at radius 2 is 1.80 bits per heavy atom. The van der Waals surface area contributed by atoms with Crippen molar-refractivity contribution in [1.29, 1.82) is 0 Å². The van der Waals surface area contributed by atoms with Crippen LogP contribution in [0.4, 0.5) is 5.00 Å². The Morgan fingerprint density at radius 3 is 2.20 bits per heavy atom. The second-order valence-electron chi connectivity index (χ2n) is 5.29. The van der Waals surface area contributed by atoms with E-state index in [1.165, 1.54) is 10.4 Å². The lowest BCUT2D eigenvalue weighted by Gasteiger charge is -2.14. The summed E-state index contributed by atoms with van der Waals surface area (Å²) >= 11 is 1.66. The maximum absolute atomic E-state index is 9.60. The van der Waals surface area contributed by atoms with Gasteiger partial charge in [-0.1, -0.05) is 30.3 Å². The van der Waals surface area contributed by atoms with E-state index in [0.717, 1.165) is 11.4 Å². The molecule has 0 radical (unpaired) electrons.